The average Bonchev–Trinajstić information content (AvgIpc) is 2.62. The van der Waals surface area contributed by atoms with Crippen molar-refractivity contribution in [3.05, 3.63) is 29.3 Å². The van der Waals surface area contributed by atoms with Crippen LogP contribution in [0.15, 0.2) is 18.2 Å². The first-order valence-corrected chi connectivity index (χ1v) is 8.48. The fraction of sp³-hybridized carbons (Fsp3) is 0.500. The Morgan fingerprint density at radius 1 is 1.28 bits per heavy atom. The Morgan fingerprint density at radius 2 is 1.96 bits per heavy atom. The van der Waals surface area contributed by atoms with Crippen LogP contribution in [0.5, 0.6) is 5.75 Å². The summed E-state index contributed by atoms with van der Waals surface area (Å²) < 4.78 is 5.61. The molecule has 2 rings (SSSR count). The standard InChI is InChI=1S/C18H25N3O4/c1-4-25-16-6-5-13(2)11-15(16)14(3)19-17(23)18(24)21-9-7-20(12-22)8-10-21/h5-6,11-12,14H,4,7-10H2,1-3H3,(H,19,23). The van der Waals surface area contributed by atoms with Gasteiger partial charge in [0.05, 0.1) is 12.6 Å². The molecule has 7 heteroatoms. The summed E-state index contributed by atoms with van der Waals surface area (Å²) in [5.41, 5.74) is 1.89. The van der Waals surface area contributed by atoms with Gasteiger partial charge >= 0.3 is 11.8 Å². The molecule has 1 aliphatic rings. The quantitative estimate of drug-likeness (QED) is 0.633. The lowest BCUT2D eigenvalue weighted by atomic mass is 10.0. The van der Waals surface area contributed by atoms with Gasteiger partial charge in [-0.25, -0.2) is 0 Å². The van der Waals surface area contributed by atoms with Crippen LogP contribution in [0.2, 0.25) is 0 Å². The second-order valence-corrected chi connectivity index (χ2v) is 6.10. The maximum atomic E-state index is 12.3. The van der Waals surface area contributed by atoms with Gasteiger partial charge in [0.1, 0.15) is 5.75 Å². The molecular weight excluding hydrogens is 322 g/mol. The number of benzene rings is 1. The topological polar surface area (TPSA) is 79.0 Å². The lowest BCUT2D eigenvalue weighted by molar-refractivity contribution is -0.147. The maximum Gasteiger partial charge on any atom is 0.312 e. The molecule has 1 saturated heterocycles. The Bertz CT molecular complexity index is 639. The summed E-state index contributed by atoms with van der Waals surface area (Å²) in [4.78, 5) is 38.4. The molecule has 1 N–H and O–H groups in total. The van der Waals surface area contributed by atoms with Crippen molar-refractivity contribution in [3.8, 4) is 5.75 Å². The number of carbonyl (C=O) groups excluding carboxylic acids is 3. The predicted molar refractivity (Wildman–Crippen MR) is 93.1 cm³/mol. The van der Waals surface area contributed by atoms with E-state index in [2.05, 4.69) is 5.32 Å². The number of ether oxygens (including phenoxy) is 1. The molecule has 1 aromatic rings. The number of aryl methyl sites for hydroxylation is 1. The van der Waals surface area contributed by atoms with E-state index in [0.29, 0.717) is 38.5 Å². The van der Waals surface area contributed by atoms with Crippen LogP contribution in [0.3, 0.4) is 0 Å². The van der Waals surface area contributed by atoms with Crippen molar-refractivity contribution in [2.24, 2.45) is 0 Å². The summed E-state index contributed by atoms with van der Waals surface area (Å²) in [6.45, 7) is 7.85. The van der Waals surface area contributed by atoms with Crippen molar-refractivity contribution in [3.63, 3.8) is 0 Å². The second-order valence-electron chi connectivity index (χ2n) is 6.10. The first kappa shape index (κ1) is 18.8. The zero-order valence-electron chi connectivity index (χ0n) is 14.9. The largest absolute Gasteiger partial charge is 0.494 e. The second kappa shape index (κ2) is 8.50. The van der Waals surface area contributed by atoms with Gasteiger partial charge in [-0.05, 0) is 26.8 Å². The molecule has 1 fully saturated rings. The number of rotatable bonds is 5. The molecule has 1 unspecified atom stereocenters. The van der Waals surface area contributed by atoms with Crippen LogP contribution in [0.25, 0.3) is 0 Å². The summed E-state index contributed by atoms with van der Waals surface area (Å²) >= 11 is 0. The lowest BCUT2D eigenvalue weighted by Crippen LogP contribution is -2.52. The van der Waals surface area contributed by atoms with Crippen molar-refractivity contribution < 1.29 is 19.1 Å². The molecule has 3 amide bonds. The summed E-state index contributed by atoms with van der Waals surface area (Å²) in [6.07, 6.45) is 0.761. The molecule has 0 aliphatic carbocycles. The van der Waals surface area contributed by atoms with Crippen molar-refractivity contribution in [2.75, 3.05) is 32.8 Å². The molecule has 1 aromatic carbocycles. The summed E-state index contributed by atoms with van der Waals surface area (Å²) in [5.74, 6) is -0.507. The maximum absolute atomic E-state index is 12.3. The zero-order valence-corrected chi connectivity index (χ0v) is 14.9. The van der Waals surface area contributed by atoms with Gasteiger partial charge in [-0.3, -0.25) is 14.4 Å². The first-order chi connectivity index (χ1) is 12.0. The third-order valence-electron chi connectivity index (χ3n) is 4.22. The molecule has 7 nitrogen and oxygen atoms in total. The minimum absolute atomic E-state index is 0.353. The Balaban J connectivity index is 2.01. The van der Waals surface area contributed by atoms with Crippen LogP contribution < -0.4 is 10.1 Å². The number of nitrogens with one attached hydrogen (secondary N) is 1. The van der Waals surface area contributed by atoms with Crippen LogP contribution in [-0.2, 0) is 14.4 Å². The Kier molecular flexibility index (Phi) is 6.38. The molecule has 1 aliphatic heterocycles. The third-order valence-corrected chi connectivity index (χ3v) is 4.22. The Hall–Kier alpha value is -2.57. The highest BCUT2D eigenvalue weighted by atomic mass is 16.5. The molecule has 0 spiro atoms. The molecule has 0 aromatic heterocycles. The van der Waals surface area contributed by atoms with E-state index in [-0.39, 0.29) is 6.04 Å². The molecule has 1 atom stereocenters. The van der Waals surface area contributed by atoms with Gasteiger partial charge in [0, 0.05) is 31.7 Å². The molecule has 25 heavy (non-hydrogen) atoms. The summed E-state index contributed by atoms with van der Waals surface area (Å²) in [7, 11) is 0. The van der Waals surface area contributed by atoms with E-state index in [1.807, 2.05) is 39.0 Å². The van der Waals surface area contributed by atoms with Gasteiger partial charge < -0.3 is 19.9 Å². The molecule has 136 valence electrons. The highest BCUT2D eigenvalue weighted by Crippen LogP contribution is 2.26. The fourth-order valence-corrected chi connectivity index (χ4v) is 2.80. The van der Waals surface area contributed by atoms with Crippen LogP contribution in [0.1, 0.15) is 31.0 Å². The van der Waals surface area contributed by atoms with Crippen molar-refractivity contribution >= 4 is 18.2 Å². The highest BCUT2D eigenvalue weighted by molar-refractivity contribution is 6.35. The van der Waals surface area contributed by atoms with Crippen molar-refractivity contribution in [2.45, 2.75) is 26.8 Å². The molecular formula is C18H25N3O4. The molecule has 0 bridgehead atoms. The highest BCUT2D eigenvalue weighted by Gasteiger charge is 2.27. The van der Waals surface area contributed by atoms with Crippen LogP contribution >= 0.6 is 0 Å². The van der Waals surface area contributed by atoms with Gasteiger partial charge in [0.25, 0.3) is 0 Å². The van der Waals surface area contributed by atoms with Crippen LogP contribution in [0.4, 0.5) is 0 Å². The van der Waals surface area contributed by atoms with E-state index >= 15 is 0 Å². The third kappa shape index (κ3) is 4.71. The zero-order chi connectivity index (χ0) is 18.4. The van der Waals surface area contributed by atoms with Gasteiger partial charge in [0.2, 0.25) is 6.41 Å². The van der Waals surface area contributed by atoms with Gasteiger partial charge in [0.15, 0.2) is 0 Å². The molecule has 0 radical (unpaired) electrons. The number of amides is 3. The van der Waals surface area contributed by atoms with E-state index in [1.165, 1.54) is 4.90 Å². The van der Waals surface area contributed by atoms with Gasteiger partial charge in [-0.15, -0.1) is 0 Å². The van der Waals surface area contributed by atoms with Gasteiger partial charge in [-0.2, -0.15) is 0 Å². The number of nitrogens with zero attached hydrogens (tertiary/aromatic N) is 2. The Labute approximate surface area is 147 Å². The number of carbonyl (C=O) groups is 3. The van der Waals surface area contributed by atoms with E-state index in [9.17, 15) is 14.4 Å². The van der Waals surface area contributed by atoms with E-state index in [1.54, 1.807) is 4.90 Å². The van der Waals surface area contributed by atoms with E-state index < -0.39 is 11.8 Å². The van der Waals surface area contributed by atoms with Crippen molar-refractivity contribution in [1.29, 1.82) is 0 Å². The minimum Gasteiger partial charge on any atom is -0.494 e. The van der Waals surface area contributed by atoms with E-state index in [0.717, 1.165) is 17.5 Å². The summed E-state index contributed by atoms with van der Waals surface area (Å²) in [5, 5.41) is 2.75. The SMILES string of the molecule is CCOc1ccc(C)cc1C(C)NC(=O)C(=O)N1CCN(C=O)CC1. The van der Waals surface area contributed by atoms with Crippen LogP contribution in [-0.4, -0.2) is 60.8 Å². The minimum atomic E-state index is -0.643. The Morgan fingerprint density at radius 3 is 2.56 bits per heavy atom. The van der Waals surface area contributed by atoms with Gasteiger partial charge in [-0.1, -0.05) is 17.7 Å². The summed E-state index contributed by atoms with van der Waals surface area (Å²) in [6, 6.07) is 5.41. The normalized spacial score (nSPS) is 15.5. The smallest absolute Gasteiger partial charge is 0.312 e. The molecule has 1 heterocycles. The van der Waals surface area contributed by atoms with Crippen molar-refractivity contribution in [1.82, 2.24) is 15.1 Å². The lowest BCUT2D eigenvalue weighted by Gasteiger charge is -2.32. The van der Waals surface area contributed by atoms with E-state index in [4.69, 9.17) is 4.74 Å². The van der Waals surface area contributed by atoms with Crippen LogP contribution in [0, 0.1) is 6.92 Å². The number of hydrogen-bond acceptors (Lipinski definition) is 4. The average molecular weight is 347 g/mol. The fourth-order valence-electron chi connectivity index (χ4n) is 2.80. The first-order valence-electron chi connectivity index (χ1n) is 8.48. The predicted octanol–water partition coefficient (Wildman–Crippen LogP) is 0.872. The molecule has 0 saturated carbocycles. The number of piperazine rings is 1. The monoisotopic (exact) mass is 347 g/mol. The number of hydrogen-bond donors (Lipinski definition) is 1.